The van der Waals surface area contributed by atoms with Gasteiger partial charge in [0, 0.05) is 0 Å². The summed E-state index contributed by atoms with van der Waals surface area (Å²) in [5.74, 6) is -0.934. The van der Waals surface area contributed by atoms with Gasteiger partial charge in [-0.15, -0.1) is 0 Å². The van der Waals surface area contributed by atoms with Crippen molar-refractivity contribution < 1.29 is 15.0 Å². The van der Waals surface area contributed by atoms with Crippen molar-refractivity contribution in [2.45, 2.75) is 24.3 Å². The minimum Gasteiger partial charge on any atom is -0.480 e. The zero-order valence-electron chi connectivity index (χ0n) is 5.04. The maximum Gasteiger partial charge on any atom is 0.317 e. The van der Waals surface area contributed by atoms with E-state index in [2.05, 4.69) is 15.9 Å². The van der Waals surface area contributed by atoms with Crippen LogP contribution in [0.25, 0.3) is 0 Å². The first-order valence-corrected chi connectivity index (χ1v) is 3.50. The Labute approximate surface area is 61.8 Å². The van der Waals surface area contributed by atoms with Crippen molar-refractivity contribution in [3.8, 4) is 0 Å². The van der Waals surface area contributed by atoms with Crippen LogP contribution in [0.15, 0.2) is 0 Å². The molecule has 0 aromatic carbocycles. The number of alkyl halides is 1. The van der Waals surface area contributed by atoms with Gasteiger partial charge in [0.1, 0.15) is 4.83 Å². The van der Waals surface area contributed by atoms with Crippen LogP contribution in [0.5, 0.6) is 0 Å². The van der Waals surface area contributed by atoms with Crippen LogP contribution in [0.2, 0.25) is 0 Å². The number of hydrogen-bond acceptors (Lipinski definition) is 2. The summed E-state index contributed by atoms with van der Waals surface area (Å²) in [5, 5.41) is 17.0. The predicted molar refractivity (Wildman–Crippen MR) is 36.6 cm³/mol. The lowest BCUT2D eigenvalue weighted by Crippen LogP contribution is -2.18. The summed E-state index contributed by atoms with van der Waals surface area (Å²) < 4.78 is 0. The number of rotatable bonds is 3. The summed E-state index contributed by atoms with van der Waals surface area (Å²) in [6.45, 7) is 1.55. The second-order valence-electron chi connectivity index (χ2n) is 1.89. The Morgan fingerprint density at radius 1 is 1.78 bits per heavy atom. The van der Waals surface area contributed by atoms with Crippen molar-refractivity contribution >= 4 is 21.9 Å². The molecular weight excluding hydrogens is 188 g/mol. The Bertz CT molecular complexity index is 102. The highest BCUT2D eigenvalue weighted by atomic mass is 79.9. The van der Waals surface area contributed by atoms with E-state index in [1.165, 1.54) is 0 Å². The molecular formula is C5H9BrO3. The van der Waals surface area contributed by atoms with Crippen molar-refractivity contribution in [1.29, 1.82) is 0 Å². The maximum atomic E-state index is 10.1. The van der Waals surface area contributed by atoms with Gasteiger partial charge in [0.05, 0.1) is 6.10 Å². The monoisotopic (exact) mass is 196 g/mol. The molecule has 0 rings (SSSR count). The second kappa shape index (κ2) is 3.85. The van der Waals surface area contributed by atoms with Crippen LogP contribution < -0.4 is 0 Å². The van der Waals surface area contributed by atoms with Crippen LogP contribution in [-0.4, -0.2) is 27.1 Å². The van der Waals surface area contributed by atoms with Crippen LogP contribution in [0.4, 0.5) is 0 Å². The van der Waals surface area contributed by atoms with E-state index in [4.69, 9.17) is 10.2 Å². The number of carboxylic acid groups (broad SMARTS) is 1. The second-order valence-corrected chi connectivity index (χ2v) is 3.00. The Morgan fingerprint density at radius 3 is 2.33 bits per heavy atom. The van der Waals surface area contributed by atoms with Gasteiger partial charge in [-0.2, -0.15) is 0 Å². The van der Waals surface area contributed by atoms with E-state index in [0.717, 1.165) is 0 Å². The molecule has 0 saturated heterocycles. The number of hydrogen-bond donors (Lipinski definition) is 2. The molecule has 0 fully saturated rings. The van der Waals surface area contributed by atoms with Crippen molar-refractivity contribution in [3.63, 3.8) is 0 Å². The summed E-state index contributed by atoms with van der Waals surface area (Å²) in [4.78, 5) is 9.45. The van der Waals surface area contributed by atoms with Crippen LogP contribution in [0.1, 0.15) is 13.3 Å². The van der Waals surface area contributed by atoms with Gasteiger partial charge in [0.2, 0.25) is 0 Å². The molecule has 2 atom stereocenters. The molecule has 9 heavy (non-hydrogen) atoms. The van der Waals surface area contributed by atoms with Crippen molar-refractivity contribution in [2.75, 3.05) is 0 Å². The zero-order chi connectivity index (χ0) is 7.44. The van der Waals surface area contributed by atoms with E-state index in [9.17, 15) is 4.79 Å². The molecule has 3 nitrogen and oxygen atoms in total. The molecule has 0 saturated carbocycles. The summed E-state index contributed by atoms with van der Waals surface area (Å²) in [7, 11) is 0. The minimum atomic E-state index is -0.934. The van der Waals surface area contributed by atoms with Gasteiger partial charge in [-0.25, -0.2) is 0 Å². The molecule has 0 spiro atoms. The highest BCUT2D eigenvalue weighted by Crippen LogP contribution is 2.07. The SMILES string of the molecule is CC(O)CC(Br)C(=O)O. The minimum absolute atomic E-state index is 0.245. The fourth-order valence-electron chi connectivity index (χ4n) is 0.400. The van der Waals surface area contributed by atoms with E-state index in [1.807, 2.05) is 0 Å². The highest BCUT2D eigenvalue weighted by Gasteiger charge is 2.14. The normalized spacial score (nSPS) is 16.8. The standard InChI is InChI=1S/C5H9BrO3/c1-3(7)2-4(6)5(8)9/h3-4,7H,2H2,1H3,(H,8,9). The van der Waals surface area contributed by atoms with Crippen LogP contribution in [-0.2, 0) is 4.79 Å². The van der Waals surface area contributed by atoms with E-state index in [-0.39, 0.29) is 6.42 Å². The third-order valence-electron chi connectivity index (χ3n) is 0.816. The number of carbonyl (C=O) groups is 1. The van der Waals surface area contributed by atoms with Gasteiger partial charge in [0.25, 0.3) is 0 Å². The van der Waals surface area contributed by atoms with Gasteiger partial charge in [-0.3, -0.25) is 4.79 Å². The molecule has 4 heteroatoms. The van der Waals surface area contributed by atoms with Crippen molar-refractivity contribution in [3.05, 3.63) is 0 Å². The lowest BCUT2D eigenvalue weighted by molar-refractivity contribution is -0.136. The zero-order valence-corrected chi connectivity index (χ0v) is 6.63. The number of aliphatic hydroxyl groups is 1. The quantitative estimate of drug-likeness (QED) is 0.651. The number of aliphatic carboxylic acids is 1. The molecule has 0 aliphatic heterocycles. The Hall–Kier alpha value is -0.0900. The molecule has 0 heterocycles. The summed E-state index contributed by atoms with van der Waals surface area (Å²) in [6.07, 6.45) is -0.319. The average Bonchev–Trinajstić information content (AvgIpc) is 1.63. The maximum absolute atomic E-state index is 10.1. The van der Waals surface area contributed by atoms with Gasteiger partial charge >= 0.3 is 5.97 Å². The highest BCUT2D eigenvalue weighted by molar-refractivity contribution is 9.10. The molecule has 0 radical (unpaired) electrons. The molecule has 0 aromatic heterocycles. The van der Waals surface area contributed by atoms with E-state index in [0.29, 0.717) is 0 Å². The molecule has 0 aliphatic carbocycles. The fraction of sp³-hybridized carbons (Fsp3) is 0.800. The predicted octanol–water partition coefficient (Wildman–Crippen LogP) is 0.605. The van der Waals surface area contributed by atoms with E-state index in [1.54, 1.807) is 6.92 Å². The van der Waals surface area contributed by atoms with Gasteiger partial charge < -0.3 is 10.2 Å². The molecule has 2 N–H and O–H groups in total. The molecule has 0 amide bonds. The van der Waals surface area contributed by atoms with E-state index < -0.39 is 16.9 Å². The van der Waals surface area contributed by atoms with Gasteiger partial charge in [0.15, 0.2) is 0 Å². The lowest BCUT2D eigenvalue weighted by atomic mass is 10.2. The van der Waals surface area contributed by atoms with Gasteiger partial charge in [-0.1, -0.05) is 15.9 Å². The molecule has 2 unspecified atom stereocenters. The van der Waals surface area contributed by atoms with Crippen LogP contribution >= 0.6 is 15.9 Å². The average molecular weight is 197 g/mol. The molecule has 0 bridgehead atoms. The largest absolute Gasteiger partial charge is 0.480 e. The van der Waals surface area contributed by atoms with Crippen molar-refractivity contribution in [2.24, 2.45) is 0 Å². The Morgan fingerprint density at radius 2 is 2.22 bits per heavy atom. The smallest absolute Gasteiger partial charge is 0.317 e. The number of carboxylic acids is 1. The summed E-state index contributed by atoms with van der Waals surface area (Å²) >= 11 is 2.88. The van der Waals surface area contributed by atoms with Crippen LogP contribution in [0.3, 0.4) is 0 Å². The number of halogens is 1. The first kappa shape index (κ1) is 8.91. The fourth-order valence-corrected chi connectivity index (χ4v) is 0.941. The topological polar surface area (TPSA) is 57.5 Å². The molecule has 0 aromatic rings. The first-order chi connectivity index (χ1) is 4.04. The Kier molecular flexibility index (Phi) is 3.81. The third-order valence-corrected chi connectivity index (χ3v) is 1.58. The first-order valence-electron chi connectivity index (χ1n) is 2.59. The number of aliphatic hydroxyl groups excluding tert-OH is 1. The van der Waals surface area contributed by atoms with Crippen molar-refractivity contribution in [1.82, 2.24) is 0 Å². The molecule has 54 valence electrons. The Balaban J connectivity index is 3.50. The summed E-state index contributed by atoms with van der Waals surface area (Å²) in [5.41, 5.74) is 0. The lowest BCUT2D eigenvalue weighted by Gasteiger charge is -2.05. The summed E-state index contributed by atoms with van der Waals surface area (Å²) in [6, 6.07) is 0. The van der Waals surface area contributed by atoms with E-state index >= 15 is 0 Å². The third kappa shape index (κ3) is 4.42. The van der Waals surface area contributed by atoms with Crippen LogP contribution in [0, 0.1) is 0 Å². The van der Waals surface area contributed by atoms with Gasteiger partial charge in [-0.05, 0) is 13.3 Å². The molecule has 0 aliphatic rings.